The molecule has 6 N–H and O–H groups in total. The van der Waals surface area contributed by atoms with Crippen molar-refractivity contribution in [2.75, 3.05) is 51.9 Å². The Hall–Kier alpha value is -5.54. The quantitative estimate of drug-likeness (QED) is 0.0706. The van der Waals surface area contributed by atoms with Crippen LogP contribution in [0, 0.1) is 34.6 Å². The summed E-state index contributed by atoms with van der Waals surface area (Å²) >= 11 is 12.3. The molecule has 2 amide bonds. The molecule has 2 fully saturated rings. The van der Waals surface area contributed by atoms with E-state index in [0.29, 0.717) is 32.3 Å². The Bertz CT molecular complexity index is 2830. The number of hydrogen-bond donors (Lipinski definition) is 6. The molecule has 0 atom stereocenters. The van der Waals surface area contributed by atoms with Crippen LogP contribution in [-0.4, -0.2) is 94.2 Å². The number of aromatic nitrogens is 4. The number of carbonyl (C=O) groups is 2. The molecule has 0 spiro atoms. The van der Waals surface area contributed by atoms with E-state index in [1.807, 2.05) is 83.5 Å². The topological polar surface area (TPSA) is 163 Å². The molecule has 73 heavy (non-hydrogen) atoms. The lowest BCUT2D eigenvalue weighted by atomic mass is 9.95. The molecule has 4 aromatic heterocycles. The van der Waals surface area contributed by atoms with E-state index >= 15 is 0 Å². The maximum absolute atomic E-state index is 12.7. The summed E-state index contributed by atoms with van der Waals surface area (Å²) in [6.45, 7) is 19.1. The van der Waals surface area contributed by atoms with Crippen LogP contribution in [0.1, 0.15) is 152 Å². The van der Waals surface area contributed by atoms with Gasteiger partial charge < -0.3 is 36.2 Å². The van der Waals surface area contributed by atoms with Crippen LogP contribution in [0.5, 0.6) is 0 Å². The van der Waals surface area contributed by atoms with Crippen molar-refractivity contribution in [1.82, 2.24) is 39.7 Å². The average molecular weight is 1040 g/mol. The van der Waals surface area contributed by atoms with Gasteiger partial charge in [0.25, 0.3) is 11.8 Å². The first-order valence-corrected chi connectivity index (χ1v) is 27.0. The predicted molar refractivity (Wildman–Crippen MR) is 306 cm³/mol. The molecular weight excluding hydrogens is 960 g/mol. The number of rotatable bonds is 12. The summed E-state index contributed by atoms with van der Waals surface area (Å²) in [5.74, 6) is -0.528. The van der Waals surface area contributed by atoms with Gasteiger partial charge in [0, 0.05) is 117 Å². The normalized spacial score (nSPS) is 13.7. The Morgan fingerprint density at radius 3 is 1.41 bits per heavy atom. The monoisotopic (exact) mass is 1040 g/mol. The second-order valence-corrected chi connectivity index (χ2v) is 20.1. The van der Waals surface area contributed by atoms with Crippen LogP contribution in [0.25, 0.3) is 11.0 Å². The molecule has 8 rings (SSSR count). The van der Waals surface area contributed by atoms with Crippen molar-refractivity contribution in [3.8, 4) is 0 Å². The molecule has 0 radical (unpaired) electrons. The van der Waals surface area contributed by atoms with Crippen LogP contribution in [0.2, 0.25) is 10.0 Å². The number of hydrogen-bond acceptors (Lipinski definition) is 8. The molecular formula is C57H84Cl2N10O4. The van der Waals surface area contributed by atoms with Crippen LogP contribution in [-0.2, 0) is 13.1 Å². The van der Waals surface area contributed by atoms with Crippen LogP contribution >= 0.6 is 23.2 Å². The van der Waals surface area contributed by atoms with Gasteiger partial charge in [0.15, 0.2) is 10.9 Å². The fraction of sp³-hybridized carbons (Fsp3) is 0.509. The maximum Gasteiger partial charge on any atom is 0.251 e. The van der Waals surface area contributed by atoms with Gasteiger partial charge in [-0.3, -0.25) is 33.3 Å². The van der Waals surface area contributed by atoms with E-state index in [4.69, 9.17) is 23.2 Å². The number of anilines is 2. The lowest BCUT2D eigenvalue weighted by Gasteiger charge is -2.27. The third-order valence-electron chi connectivity index (χ3n) is 13.8. The number of aryl methyl sites for hydroxylation is 3. The minimum atomic E-state index is -0.264. The zero-order valence-corrected chi connectivity index (χ0v) is 47.4. The molecule has 2 aliphatic carbocycles. The zero-order chi connectivity index (χ0) is 53.9. The van der Waals surface area contributed by atoms with Gasteiger partial charge >= 0.3 is 0 Å². The van der Waals surface area contributed by atoms with Crippen molar-refractivity contribution in [1.29, 1.82) is 0 Å². The molecule has 400 valence electrons. The van der Waals surface area contributed by atoms with E-state index in [-0.39, 0.29) is 35.8 Å². The molecule has 4 heterocycles. The van der Waals surface area contributed by atoms with E-state index < -0.39 is 0 Å². The maximum atomic E-state index is 12.7. The third kappa shape index (κ3) is 16.7. The number of benzene rings is 2. The van der Waals surface area contributed by atoms with Crippen molar-refractivity contribution < 1.29 is 9.59 Å². The summed E-state index contributed by atoms with van der Waals surface area (Å²) in [6.07, 6.45) is 16.2. The Balaban J connectivity index is 0.000000231. The summed E-state index contributed by atoms with van der Waals surface area (Å²) in [5, 5.41) is 19.3. The largest absolute Gasteiger partial charge is 0.385 e. The molecule has 16 heteroatoms. The predicted octanol–water partition coefficient (Wildman–Crippen LogP) is 11.6. The molecule has 2 aliphatic rings. The molecule has 0 bridgehead atoms. The van der Waals surface area contributed by atoms with E-state index in [9.17, 15) is 19.2 Å². The Morgan fingerprint density at radius 1 is 0.603 bits per heavy atom. The minimum absolute atomic E-state index is 0.0945. The van der Waals surface area contributed by atoms with E-state index in [2.05, 4.69) is 69.5 Å². The first kappa shape index (κ1) is 60.0. The van der Waals surface area contributed by atoms with Crippen molar-refractivity contribution in [3.63, 3.8) is 0 Å². The number of nitrogens with one attached hydrogen (secondary N) is 6. The van der Waals surface area contributed by atoms with Crippen molar-refractivity contribution in [2.24, 2.45) is 0 Å². The highest BCUT2D eigenvalue weighted by Crippen LogP contribution is 2.27. The van der Waals surface area contributed by atoms with Gasteiger partial charge in [0.1, 0.15) is 0 Å². The molecule has 0 saturated heterocycles. The number of nitrogens with zero attached hydrogens (tertiary/aromatic N) is 4. The summed E-state index contributed by atoms with van der Waals surface area (Å²) in [5.41, 5.74) is 9.31. The highest BCUT2D eigenvalue weighted by atomic mass is 35.5. The lowest BCUT2D eigenvalue weighted by Crippen LogP contribution is -2.29. The van der Waals surface area contributed by atoms with Gasteiger partial charge in [-0.25, -0.2) is 0 Å². The smallest absolute Gasteiger partial charge is 0.251 e. The van der Waals surface area contributed by atoms with E-state index in [1.165, 1.54) is 64.2 Å². The van der Waals surface area contributed by atoms with Gasteiger partial charge in [0.05, 0.1) is 11.0 Å². The first-order valence-electron chi connectivity index (χ1n) is 26.2. The number of H-pyrrole nitrogens is 2. The summed E-state index contributed by atoms with van der Waals surface area (Å²) in [7, 11) is 8.76. The molecule has 0 aliphatic heterocycles. The summed E-state index contributed by atoms with van der Waals surface area (Å²) < 4.78 is 3.67. The number of amides is 2. The van der Waals surface area contributed by atoms with Crippen LogP contribution in [0.3, 0.4) is 0 Å². The standard InChI is InChI=1S/C20H23ClN4O2.C19H21ClN4O2.2C8H17N.C2H6/c1-5-22-18-8-14(21)7-16(12(18)3)20(27)23-10-17-13(4)25-15(9-19(17)26)6-11(2)24-25;1-4-21-17-8-13(20)7-15(11(17)2)19(26)22-10-16-12(3)24-14(5-6-23-24)9-18(16)25;2*1-9(2)8-6-4-3-5-7-8;1-2/h6-9,22,24H,5,10H2,1-4H3,(H,23,27);5-9,21,23H,4,10H2,1-3H3,(H,22,26);2*8H,3-7H2,1-2H3;1-2H3. The van der Waals surface area contributed by atoms with Gasteiger partial charge in [-0.2, -0.15) is 0 Å². The number of fused-ring (bicyclic) bond motifs is 2. The number of pyridine rings is 2. The summed E-state index contributed by atoms with van der Waals surface area (Å²) in [6, 6.07) is 15.5. The highest BCUT2D eigenvalue weighted by Gasteiger charge is 2.19. The minimum Gasteiger partial charge on any atom is -0.385 e. The number of carbonyl (C=O) groups excluding carboxylic acids is 2. The Kier molecular flexibility index (Phi) is 24.2. The van der Waals surface area contributed by atoms with Gasteiger partial charge in [-0.05, 0) is 150 Å². The van der Waals surface area contributed by atoms with E-state index in [0.717, 1.165) is 75.8 Å². The second kappa shape index (κ2) is 29.4. The summed E-state index contributed by atoms with van der Waals surface area (Å²) in [4.78, 5) is 54.9. The van der Waals surface area contributed by atoms with Crippen LogP contribution in [0.4, 0.5) is 11.4 Å². The third-order valence-corrected chi connectivity index (χ3v) is 14.2. The second-order valence-electron chi connectivity index (χ2n) is 19.3. The van der Waals surface area contributed by atoms with Crippen molar-refractivity contribution in [3.05, 3.63) is 136 Å². The van der Waals surface area contributed by atoms with Crippen molar-refractivity contribution in [2.45, 2.75) is 152 Å². The molecule has 2 aromatic carbocycles. The molecule has 14 nitrogen and oxygen atoms in total. The molecule has 6 aromatic rings. The van der Waals surface area contributed by atoms with E-state index in [1.54, 1.807) is 42.6 Å². The van der Waals surface area contributed by atoms with Crippen LogP contribution in [0.15, 0.2) is 64.3 Å². The Labute approximate surface area is 444 Å². The lowest BCUT2D eigenvalue weighted by molar-refractivity contribution is 0.0942. The SMILES string of the molecule is CC.CCNc1cc(Cl)cc(C(=O)NCc2c(C)n3[nH]c(C)cc3cc2=O)c1C.CCNc1cc(Cl)cc(C(=O)NCc2c(C)n3[nH]ccc3cc2=O)c1C.CN(C)C1CCCCC1.CN(C)C1CCCCC1. The number of halogens is 2. The highest BCUT2D eigenvalue weighted by molar-refractivity contribution is 6.31. The molecule has 0 unspecified atom stereocenters. The van der Waals surface area contributed by atoms with Gasteiger partial charge in [-0.15, -0.1) is 0 Å². The fourth-order valence-corrected chi connectivity index (χ4v) is 9.93. The average Bonchev–Trinajstić information content (AvgIpc) is 4.01. The Morgan fingerprint density at radius 2 is 1.01 bits per heavy atom. The van der Waals surface area contributed by atoms with Crippen molar-refractivity contribution >= 4 is 57.4 Å². The van der Waals surface area contributed by atoms with Crippen LogP contribution < -0.4 is 32.1 Å². The fourth-order valence-electron chi connectivity index (χ4n) is 9.49. The van der Waals surface area contributed by atoms with Gasteiger partial charge in [-0.1, -0.05) is 75.6 Å². The number of aromatic amines is 2. The van der Waals surface area contributed by atoms with Gasteiger partial charge in [0.2, 0.25) is 0 Å². The molecule has 2 saturated carbocycles. The zero-order valence-electron chi connectivity index (χ0n) is 45.9. The first-order chi connectivity index (χ1) is 34.8.